The molecule has 3 heteroatoms. The van der Waals surface area contributed by atoms with Crippen molar-refractivity contribution in [3.8, 4) is 0 Å². The number of nitrogens with zero attached hydrogens (tertiary/aromatic N) is 1. The predicted molar refractivity (Wildman–Crippen MR) is 107 cm³/mol. The van der Waals surface area contributed by atoms with Crippen LogP contribution in [0.4, 0.5) is 0 Å². The van der Waals surface area contributed by atoms with Gasteiger partial charge in [-0.25, -0.2) is 0 Å². The van der Waals surface area contributed by atoms with Crippen LogP contribution in [0.3, 0.4) is 0 Å². The third-order valence-electron chi connectivity index (χ3n) is 4.84. The Morgan fingerprint density at radius 3 is 1.40 bits per heavy atom. The first-order valence-corrected chi connectivity index (χ1v) is 8.96. The smallest absolute Gasteiger partial charge is 0.170 e. The molecule has 3 aromatic rings. The summed E-state index contributed by atoms with van der Waals surface area (Å²) in [4.78, 5) is 2.32. The van der Waals surface area contributed by atoms with E-state index in [1.165, 1.54) is 16.7 Å². The maximum atomic E-state index is 5.70. The fraction of sp³-hybridized carbons (Fsp3) is 0.136. The SMILES string of the molecule is S=C1NCCN1C(c1ccccc1)(c1ccccc1)c1ccccc1. The Hall–Kier alpha value is -2.65. The lowest BCUT2D eigenvalue weighted by Gasteiger charge is -2.44. The van der Waals surface area contributed by atoms with Crippen LogP contribution >= 0.6 is 12.2 Å². The van der Waals surface area contributed by atoms with Crippen molar-refractivity contribution in [1.82, 2.24) is 10.2 Å². The number of hydrogen-bond acceptors (Lipinski definition) is 1. The minimum Gasteiger partial charge on any atom is -0.361 e. The van der Waals surface area contributed by atoms with Crippen LogP contribution in [0.5, 0.6) is 0 Å². The molecule has 1 heterocycles. The molecule has 0 amide bonds. The van der Waals surface area contributed by atoms with Gasteiger partial charge >= 0.3 is 0 Å². The van der Waals surface area contributed by atoms with Crippen LogP contribution in [0.1, 0.15) is 16.7 Å². The molecular formula is C22H20N2S. The van der Waals surface area contributed by atoms with Crippen LogP contribution in [-0.4, -0.2) is 23.1 Å². The van der Waals surface area contributed by atoms with E-state index in [1.54, 1.807) is 0 Å². The molecule has 0 aromatic heterocycles. The monoisotopic (exact) mass is 344 g/mol. The summed E-state index contributed by atoms with van der Waals surface area (Å²) in [5.41, 5.74) is 3.22. The lowest BCUT2D eigenvalue weighted by molar-refractivity contribution is 0.295. The molecule has 1 aliphatic rings. The van der Waals surface area contributed by atoms with Gasteiger partial charge in [0.05, 0.1) is 0 Å². The van der Waals surface area contributed by atoms with Gasteiger partial charge in [-0.2, -0.15) is 0 Å². The molecule has 0 radical (unpaired) electrons. The van der Waals surface area contributed by atoms with Gasteiger partial charge in [-0.05, 0) is 28.9 Å². The maximum Gasteiger partial charge on any atom is 0.170 e. The van der Waals surface area contributed by atoms with Gasteiger partial charge in [-0.15, -0.1) is 0 Å². The van der Waals surface area contributed by atoms with Gasteiger partial charge in [0.25, 0.3) is 0 Å². The van der Waals surface area contributed by atoms with Gasteiger partial charge < -0.3 is 10.2 Å². The van der Waals surface area contributed by atoms with Crippen molar-refractivity contribution in [2.75, 3.05) is 13.1 Å². The number of benzene rings is 3. The van der Waals surface area contributed by atoms with Crippen LogP contribution in [0, 0.1) is 0 Å². The van der Waals surface area contributed by atoms with Crippen LogP contribution in [0.15, 0.2) is 91.0 Å². The Balaban J connectivity index is 2.06. The summed E-state index contributed by atoms with van der Waals surface area (Å²) in [5.74, 6) is 0. The van der Waals surface area contributed by atoms with Crippen LogP contribution in [0.25, 0.3) is 0 Å². The molecule has 0 unspecified atom stereocenters. The van der Waals surface area contributed by atoms with E-state index in [4.69, 9.17) is 12.2 Å². The highest BCUT2D eigenvalue weighted by Crippen LogP contribution is 2.42. The Kier molecular flexibility index (Phi) is 4.24. The third kappa shape index (κ3) is 2.61. The molecule has 2 nitrogen and oxygen atoms in total. The van der Waals surface area contributed by atoms with E-state index in [0.29, 0.717) is 0 Å². The molecule has 0 spiro atoms. The second-order valence-corrected chi connectivity index (χ2v) is 6.58. The van der Waals surface area contributed by atoms with Crippen LogP contribution in [-0.2, 0) is 5.54 Å². The number of hydrogen-bond donors (Lipinski definition) is 1. The third-order valence-corrected chi connectivity index (χ3v) is 5.20. The molecule has 25 heavy (non-hydrogen) atoms. The van der Waals surface area contributed by atoms with Gasteiger partial charge in [0.2, 0.25) is 0 Å². The van der Waals surface area contributed by atoms with Gasteiger partial charge in [0.1, 0.15) is 5.54 Å². The van der Waals surface area contributed by atoms with Gasteiger partial charge in [-0.3, -0.25) is 0 Å². The highest BCUT2D eigenvalue weighted by Gasteiger charge is 2.44. The average Bonchev–Trinajstić information content (AvgIpc) is 3.12. The fourth-order valence-corrected chi connectivity index (χ4v) is 4.13. The van der Waals surface area contributed by atoms with Crippen molar-refractivity contribution in [1.29, 1.82) is 0 Å². The first kappa shape index (κ1) is 15.9. The number of nitrogens with one attached hydrogen (secondary N) is 1. The van der Waals surface area contributed by atoms with E-state index < -0.39 is 5.54 Å². The molecule has 0 atom stereocenters. The first-order chi connectivity index (χ1) is 12.3. The Morgan fingerprint density at radius 2 is 1.08 bits per heavy atom. The first-order valence-electron chi connectivity index (χ1n) is 8.55. The molecule has 124 valence electrons. The average molecular weight is 344 g/mol. The fourth-order valence-electron chi connectivity index (χ4n) is 3.80. The minimum absolute atomic E-state index is 0.440. The normalized spacial score (nSPS) is 14.4. The van der Waals surface area contributed by atoms with Gasteiger partial charge in [-0.1, -0.05) is 91.0 Å². The summed E-state index contributed by atoms with van der Waals surface area (Å²) in [6.07, 6.45) is 0. The number of thiocarbonyl (C=S) groups is 1. The summed E-state index contributed by atoms with van der Waals surface area (Å²) in [6.45, 7) is 1.74. The molecule has 1 saturated heterocycles. The predicted octanol–water partition coefficient (Wildman–Crippen LogP) is 4.17. The molecule has 0 bridgehead atoms. The van der Waals surface area contributed by atoms with E-state index in [9.17, 15) is 0 Å². The molecular weight excluding hydrogens is 324 g/mol. The van der Waals surface area contributed by atoms with Crippen LogP contribution in [0.2, 0.25) is 0 Å². The van der Waals surface area contributed by atoms with Crippen molar-refractivity contribution in [3.63, 3.8) is 0 Å². The zero-order chi connectivity index (χ0) is 17.1. The molecule has 1 fully saturated rings. The van der Waals surface area contributed by atoms with E-state index >= 15 is 0 Å². The minimum atomic E-state index is -0.440. The Morgan fingerprint density at radius 1 is 0.680 bits per heavy atom. The molecule has 4 rings (SSSR count). The highest BCUT2D eigenvalue weighted by molar-refractivity contribution is 7.80. The van der Waals surface area contributed by atoms with Crippen molar-refractivity contribution < 1.29 is 0 Å². The Labute approximate surface area is 154 Å². The maximum absolute atomic E-state index is 5.70. The van der Waals surface area contributed by atoms with E-state index in [2.05, 4.69) is 101 Å². The second-order valence-electron chi connectivity index (χ2n) is 6.19. The molecule has 1 aliphatic heterocycles. The lowest BCUT2D eigenvalue weighted by Crippen LogP contribution is -2.49. The largest absolute Gasteiger partial charge is 0.361 e. The van der Waals surface area contributed by atoms with Crippen LogP contribution < -0.4 is 5.32 Å². The van der Waals surface area contributed by atoms with Crippen molar-refractivity contribution in [2.24, 2.45) is 0 Å². The van der Waals surface area contributed by atoms with E-state index in [0.717, 1.165) is 18.2 Å². The van der Waals surface area contributed by atoms with Gasteiger partial charge in [0, 0.05) is 13.1 Å². The van der Waals surface area contributed by atoms with E-state index in [1.807, 2.05) is 0 Å². The highest BCUT2D eigenvalue weighted by atomic mass is 32.1. The molecule has 0 saturated carbocycles. The summed E-state index contributed by atoms with van der Waals surface area (Å²) >= 11 is 5.70. The second kappa shape index (κ2) is 6.69. The zero-order valence-corrected chi connectivity index (χ0v) is 14.7. The van der Waals surface area contributed by atoms with E-state index in [-0.39, 0.29) is 0 Å². The summed E-state index contributed by atoms with van der Waals surface area (Å²) < 4.78 is 0. The molecule has 3 aromatic carbocycles. The quantitative estimate of drug-likeness (QED) is 0.565. The van der Waals surface area contributed by atoms with Gasteiger partial charge in [0.15, 0.2) is 5.11 Å². The topological polar surface area (TPSA) is 15.3 Å². The standard InChI is InChI=1S/C22H20N2S/c25-21-23-16-17-24(21)22(18-10-4-1-5-11-18,19-12-6-2-7-13-19)20-14-8-3-9-15-20/h1-15H,16-17H2,(H,23,25). The molecule has 0 aliphatic carbocycles. The van der Waals surface area contributed by atoms with Crippen molar-refractivity contribution in [2.45, 2.75) is 5.54 Å². The van der Waals surface area contributed by atoms with Crippen molar-refractivity contribution >= 4 is 17.3 Å². The van der Waals surface area contributed by atoms with Crippen molar-refractivity contribution in [3.05, 3.63) is 108 Å². The number of rotatable bonds is 4. The summed E-state index contributed by atoms with van der Waals surface area (Å²) in [5, 5.41) is 4.14. The molecule has 1 N–H and O–H groups in total. The zero-order valence-electron chi connectivity index (χ0n) is 13.9. The summed E-state index contributed by atoms with van der Waals surface area (Å²) in [7, 11) is 0. The Bertz CT molecular complexity index is 750. The summed E-state index contributed by atoms with van der Waals surface area (Å²) in [6, 6.07) is 32.0. The lowest BCUT2D eigenvalue weighted by atomic mass is 9.76.